The molecule has 172 valence electrons. The number of hydrogen-bond acceptors (Lipinski definition) is 6. The second-order valence-electron chi connectivity index (χ2n) is 8.98. The van der Waals surface area contributed by atoms with Crippen LogP contribution in [0.15, 0.2) is 54.9 Å². The van der Waals surface area contributed by atoms with Crippen molar-refractivity contribution in [3.05, 3.63) is 77.4 Å². The summed E-state index contributed by atoms with van der Waals surface area (Å²) in [5.74, 6) is 1.47. The number of halogens is 1. The molecule has 2 aromatic carbocycles. The molecule has 6 nitrogen and oxygen atoms in total. The van der Waals surface area contributed by atoms with Crippen molar-refractivity contribution in [2.45, 2.75) is 38.3 Å². The highest BCUT2D eigenvalue weighted by Crippen LogP contribution is 2.30. The van der Waals surface area contributed by atoms with Gasteiger partial charge in [0.15, 0.2) is 0 Å². The van der Waals surface area contributed by atoms with Gasteiger partial charge in [0.05, 0.1) is 6.10 Å². The standard InChI is InChI=1S/C26H30FN5O/c1-18(19-5-8-21(27)9-6-19)31-11-13-32(14-12-31)26-16-25(28-17-29-26)30-24-4-2-3-20-7-10-22(33)15-23(20)24/h2-6,8-9,16-18,22,33H,7,10-15H2,1H3,(H,28,29,30)/t18-,22-/m0/s1. The highest BCUT2D eigenvalue weighted by atomic mass is 19.1. The van der Waals surface area contributed by atoms with Crippen LogP contribution in [0.1, 0.15) is 36.1 Å². The molecule has 2 N–H and O–H groups in total. The summed E-state index contributed by atoms with van der Waals surface area (Å²) in [7, 11) is 0. The number of nitrogens with one attached hydrogen (secondary N) is 1. The highest BCUT2D eigenvalue weighted by molar-refractivity contribution is 5.65. The van der Waals surface area contributed by atoms with Gasteiger partial charge in [0.25, 0.3) is 0 Å². The van der Waals surface area contributed by atoms with Crippen LogP contribution in [0.5, 0.6) is 0 Å². The minimum Gasteiger partial charge on any atom is -0.393 e. The van der Waals surface area contributed by atoms with E-state index in [1.165, 1.54) is 23.3 Å². The molecular formula is C26H30FN5O. The molecule has 7 heteroatoms. The fourth-order valence-electron chi connectivity index (χ4n) is 4.90. The van der Waals surface area contributed by atoms with Gasteiger partial charge in [-0.25, -0.2) is 14.4 Å². The predicted molar refractivity (Wildman–Crippen MR) is 128 cm³/mol. The highest BCUT2D eigenvalue weighted by Gasteiger charge is 2.24. The van der Waals surface area contributed by atoms with Gasteiger partial charge in [-0.3, -0.25) is 4.90 Å². The van der Waals surface area contributed by atoms with Crippen LogP contribution < -0.4 is 10.2 Å². The first kappa shape index (κ1) is 21.8. The number of aromatic nitrogens is 2. The minimum atomic E-state index is -0.282. The Morgan fingerprint density at radius 2 is 1.85 bits per heavy atom. The average molecular weight is 448 g/mol. The quantitative estimate of drug-likeness (QED) is 0.614. The summed E-state index contributed by atoms with van der Waals surface area (Å²) in [5.41, 5.74) is 4.62. The Bertz CT molecular complexity index is 1100. The largest absolute Gasteiger partial charge is 0.393 e. The zero-order valence-corrected chi connectivity index (χ0v) is 18.9. The van der Waals surface area contributed by atoms with Crippen molar-refractivity contribution < 1.29 is 9.50 Å². The van der Waals surface area contributed by atoms with E-state index in [9.17, 15) is 9.50 Å². The van der Waals surface area contributed by atoms with Crippen molar-refractivity contribution in [2.24, 2.45) is 0 Å². The van der Waals surface area contributed by atoms with E-state index in [0.29, 0.717) is 6.42 Å². The Kier molecular flexibility index (Phi) is 6.24. The molecule has 0 bridgehead atoms. The monoisotopic (exact) mass is 447 g/mol. The molecule has 33 heavy (non-hydrogen) atoms. The van der Waals surface area contributed by atoms with Crippen molar-refractivity contribution >= 4 is 17.3 Å². The summed E-state index contributed by atoms with van der Waals surface area (Å²) in [6.07, 6.45) is 3.72. The Labute approximate surface area is 194 Å². The molecule has 2 atom stereocenters. The summed E-state index contributed by atoms with van der Waals surface area (Å²) in [4.78, 5) is 13.7. The molecular weight excluding hydrogens is 417 g/mol. The number of benzene rings is 2. The smallest absolute Gasteiger partial charge is 0.135 e. The number of anilines is 3. The molecule has 0 radical (unpaired) electrons. The van der Waals surface area contributed by atoms with E-state index < -0.39 is 0 Å². The molecule has 1 saturated heterocycles. The Morgan fingerprint density at radius 3 is 2.64 bits per heavy atom. The molecule has 0 saturated carbocycles. The SMILES string of the molecule is C[C@@H](c1ccc(F)cc1)N1CCN(c2cc(Nc3cccc4c3C[C@@H](O)CC4)ncn2)CC1. The van der Waals surface area contributed by atoms with E-state index in [0.717, 1.165) is 61.9 Å². The van der Waals surface area contributed by atoms with Crippen molar-refractivity contribution in [1.29, 1.82) is 0 Å². The summed E-state index contributed by atoms with van der Waals surface area (Å²) >= 11 is 0. The lowest BCUT2D eigenvalue weighted by Gasteiger charge is -2.38. The van der Waals surface area contributed by atoms with E-state index in [1.807, 2.05) is 24.3 Å². The zero-order chi connectivity index (χ0) is 22.8. The van der Waals surface area contributed by atoms with Crippen LogP contribution in [0.3, 0.4) is 0 Å². The van der Waals surface area contributed by atoms with Crippen LogP contribution in [0.2, 0.25) is 0 Å². The van der Waals surface area contributed by atoms with Crippen LogP contribution in [-0.2, 0) is 12.8 Å². The van der Waals surface area contributed by atoms with Gasteiger partial charge < -0.3 is 15.3 Å². The van der Waals surface area contributed by atoms with Gasteiger partial charge in [-0.05, 0) is 54.7 Å². The van der Waals surface area contributed by atoms with Gasteiger partial charge in [-0.2, -0.15) is 0 Å². The Hall–Kier alpha value is -3.03. The normalized spacial score (nSPS) is 19.7. The van der Waals surface area contributed by atoms with Crippen LogP contribution in [0, 0.1) is 5.82 Å². The summed E-state index contributed by atoms with van der Waals surface area (Å²) in [6.45, 7) is 5.74. The number of aliphatic hydroxyl groups excluding tert-OH is 1. The van der Waals surface area contributed by atoms with E-state index in [-0.39, 0.29) is 18.0 Å². The second-order valence-corrected chi connectivity index (χ2v) is 8.98. The third kappa shape index (κ3) is 4.84. The lowest BCUT2D eigenvalue weighted by Crippen LogP contribution is -2.47. The first-order valence-corrected chi connectivity index (χ1v) is 11.7. The summed E-state index contributed by atoms with van der Waals surface area (Å²) in [6, 6.07) is 15.3. The fourth-order valence-corrected chi connectivity index (χ4v) is 4.90. The van der Waals surface area contributed by atoms with E-state index in [1.54, 1.807) is 6.33 Å². The van der Waals surface area contributed by atoms with E-state index in [2.05, 4.69) is 44.1 Å². The number of piperazine rings is 1. The first-order chi connectivity index (χ1) is 16.1. The van der Waals surface area contributed by atoms with Gasteiger partial charge in [-0.15, -0.1) is 0 Å². The van der Waals surface area contributed by atoms with E-state index in [4.69, 9.17) is 0 Å². The van der Waals surface area contributed by atoms with Gasteiger partial charge in [0.2, 0.25) is 0 Å². The predicted octanol–water partition coefficient (Wildman–Crippen LogP) is 4.09. The van der Waals surface area contributed by atoms with Gasteiger partial charge in [-0.1, -0.05) is 24.3 Å². The van der Waals surface area contributed by atoms with Crippen molar-refractivity contribution in [3.63, 3.8) is 0 Å². The molecule has 2 heterocycles. The number of hydrogen-bond donors (Lipinski definition) is 2. The van der Waals surface area contributed by atoms with Gasteiger partial charge in [0, 0.05) is 50.4 Å². The number of aliphatic hydroxyl groups is 1. The molecule has 3 aromatic rings. The average Bonchev–Trinajstić information content (AvgIpc) is 2.85. The molecule has 1 aliphatic carbocycles. The maximum atomic E-state index is 13.3. The molecule has 2 aliphatic rings. The topological polar surface area (TPSA) is 64.5 Å². The van der Waals surface area contributed by atoms with Crippen LogP contribution in [-0.4, -0.2) is 52.3 Å². The molecule has 0 unspecified atom stereocenters. The number of nitrogens with zero attached hydrogens (tertiary/aromatic N) is 4. The van der Waals surface area contributed by atoms with Gasteiger partial charge >= 0.3 is 0 Å². The van der Waals surface area contributed by atoms with Crippen LogP contribution in [0.25, 0.3) is 0 Å². The zero-order valence-electron chi connectivity index (χ0n) is 18.9. The number of fused-ring (bicyclic) bond motifs is 1. The maximum absolute atomic E-state index is 13.3. The number of aryl methyl sites for hydroxylation is 1. The summed E-state index contributed by atoms with van der Waals surface area (Å²) < 4.78 is 13.3. The first-order valence-electron chi connectivity index (χ1n) is 11.7. The van der Waals surface area contributed by atoms with Crippen LogP contribution in [0.4, 0.5) is 21.7 Å². The molecule has 1 aromatic heterocycles. The Balaban J connectivity index is 1.25. The third-order valence-electron chi connectivity index (χ3n) is 6.91. The third-order valence-corrected chi connectivity index (χ3v) is 6.91. The Morgan fingerprint density at radius 1 is 1.06 bits per heavy atom. The molecule has 1 fully saturated rings. The van der Waals surface area contributed by atoms with Crippen molar-refractivity contribution in [1.82, 2.24) is 14.9 Å². The van der Waals surface area contributed by atoms with Crippen LogP contribution >= 0.6 is 0 Å². The van der Waals surface area contributed by atoms with E-state index >= 15 is 0 Å². The fraction of sp³-hybridized carbons (Fsp3) is 0.385. The summed E-state index contributed by atoms with van der Waals surface area (Å²) in [5, 5.41) is 13.6. The maximum Gasteiger partial charge on any atom is 0.135 e. The second kappa shape index (κ2) is 9.45. The number of rotatable bonds is 5. The molecule has 0 amide bonds. The lowest BCUT2D eigenvalue weighted by atomic mass is 9.88. The van der Waals surface area contributed by atoms with Crippen molar-refractivity contribution in [3.8, 4) is 0 Å². The minimum absolute atomic E-state index is 0.198. The lowest BCUT2D eigenvalue weighted by molar-refractivity contribution is 0.159. The molecule has 5 rings (SSSR count). The van der Waals surface area contributed by atoms with Gasteiger partial charge in [0.1, 0.15) is 23.8 Å². The molecule has 1 aliphatic heterocycles. The molecule has 0 spiro atoms. The van der Waals surface area contributed by atoms with Crippen molar-refractivity contribution in [2.75, 3.05) is 36.4 Å².